The Morgan fingerprint density at radius 1 is 0.962 bits per heavy atom. The molecule has 0 atom stereocenters. The standard InChI is InChI=1S/C19H20N2O4S/c1-13-5-4-6-15(9-13)24-7-8-26-19-21-20-18(25-19)14-10-16(22-2)12-17(11-14)23-3/h4-6,9-12H,7-8H2,1-3H3. The number of nitrogens with zero attached hydrogens (tertiary/aromatic N) is 2. The van der Waals surface area contributed by atoms with Crippen LogP contribution in [0, 0.1) is 6.92 Å². The van der Waals surface area contributed by atoms with Crippen molar-refractivity contribution in [2.45, 2.75) is 12.1 Å². The molecule has 0 saturated carbocycles. The molecule has 0 aliphatic rings. The lowest BCUT2D eigenvalue weighted by Gasteiger charge is -2.06. The molecular formula is C19H20N2O4S. The Hall–Kier alpha value is -2.67. The lowest BCUT2D eigenvalue weighted by Crippen LogP contribution is -2.00. The molecule has 26 heavy (non-hydrogen) atoms. The van der Waals surface area contributed by atoms with Crippen LogP contribution < -0.4 is 14.2 Å². The number of hydrogen-bond donors (Lipinski definition) is 0. The maximum absolute atomic E-state index is 5.72. The van der Waals surface area contributed by atoms with Crippen LogP contribution in [0.5, 0.6) is 17.2 Å². The maximum atomic E-state index is 5.72. The molecule has 1 heterocycles. The summed E-state index contributed by atoms with van der Waals surface area (Å²) < 4.78 is 22.0. The van der Waals surface area contributed by atoms with Crippen LogP contribution in [0.1, 0.15) is 5.56 Å². The molecule has 0 spiro atoms. The summed E-state index contributed by atoms with van der Waals surface area (Å²) in [6, 6.07) is 13.4. The molecule has 0 radical (unpaired) electrons. The molecular weight excluding hydrogens is 352 g/mol. The van der Waals surface area contributed by atoms with Crippen LogP contribution in [0.2, 0.25) is 0 Å². The zero-order valence-electron chi connectivity index (χ0n) is 14.9. The Morgan fingerprint density at radius 3 is 2.42 bits per heavy atom. The SMILES string of the molecule is COc1cc(OC)cc(-c2nnc(SCCOc3cccc(C)c3)o2)c1. The van der Waals surface area contributed by atoms with Crippen molar-refractivity contribution in [2.24, 2.45) is 0 Å². The van der Waals surface area contributed by atoms with Gasteiger partial charge in [-0.25, -0.2) is 0 Å². The number of aryl methyl sites for hydroxylation is 1. The van der Waals surface area contributed by atoms with Gasteiger partial charge in [-0.15, -0.1) is 10.2 Å². The molecule has 136 valence electrons. The Labute approximate surface area is 156 Å². The van der Waals surface area contributed by atoms with E-state index >= 15 is 0 Å². The van der Waals surface area contributed by atoms with Crippen LogP contribution in [-0.2, 0) is 0 Å². The second-order valence-corrected chi connectivity index (χ2v) is 6.53. The zero-order chi connectivity index (χ0) is 18.4. The van der Waals surface area contributed by atoms with Gasteiger partial charge < -0.3 is 18.6 Å². The minimum Gasteiger partial charge on any atom is -0.497 e. The number of hydrogen-bond acceptors (Lipinski definition) is 7. The van der Waals surface area contributed by atoms with Crippen LogP contribution in [0.3, 0.4) is 0 Å². The summed E-state index contributed by atoms with van der Waals surface area (Å²) in [6.45, 7) is 2.59. The number of methoxy groups -OCH3 is 2. The summed E-state index contributed by atoms with van der Waals surface area (Å²) in [5.41, 5.74) is 1.92. The van der Waals surface area contributed by atoms with E-state index in [1.54, 1.807) is 20.3 Å². The molecule has 6 nitrogen and oxygen atoms in total. The number of rotatable bonds is 8. The van der Waals surface area contributed by atoms with Gasteiger partial charge in [0.1, 0.15) is 17.2 Å². The predicted molar refractivity (Wildman–Crippen MR) is 100 cm³/mol. The lowest BCUT2D eigenvalue weighted by molar-refractivity contribution is 0.343. The van der Waals surface area contributed by atoms with E-state index in [0.717, 1.165) is 11.3 Å². The van der Waals surface area contributed by atoms with Gasteiger partial charge in [0.2, 0.25) is 5.89 Å². The summed E-state index contributed by atoms with van der Waals surface area (Å²) in [5.74, 6) is 3.32. The molecule has 0 bridgehead atoms. The fourth-order valence-corrected chi connectivity index (χ4v) is 2.89. The van der Waals surface area contributed by atoms with Gasteiger partial charge in [-0.3, -0.25) is 0 Å². The first kappa shape index (κ1) is 18.1. The summed E-state index contributed by atoms with van der Waals surface area (Å²) >= 11 is 1.45. The van der Waals surface area contributed by atoms with E-state index in [1.807, 2.05) is 43.3 Å². The van der Waals surface area contributed by atoms with Crippen molar-refractivity contribution in [1.82, 2.24) is 10.2 Å². The van der Waals surface area contributed by atoms with E-state index in [0.29, 0.717) is 35.0 Å². The molecule has 0 unspecified atom stereocenters. The highest BCUT2D eigenvalue weighted by molar-refractivity contribution is 7.99. The molecule has 3 aromatic rings. The molecule has 1 aromatic heterocycles. The minimum atomic E-state index is 0.421. The molecule has 0 saturated heterocycles. The van der Waals surface area contributed by atoms with Crippen LogP contribution in [0.25, 0.3) is 11.5 Å². The number of aromatic nitrogens is 2. The van der Waals surface area contributed by atoms with Gasteiger partial charge in [-0.05, 0) is 36.8 Å². The second kappa shape index (κ2) is 8.62. The summed E-state index contributed by atoms with van der Waals surface area (Å²) in [7, 11) is 3.20. The first-order valence-electron chi connectivity index (χ1n) is 8.07. The van der Waals surface area contributed by atoms with Gasteiger partial charge in [-0.1, -0.05) is 23.9 Å². The van der Waals surface area contributed by atoms with E-state index in [9.17, 15) is 0 Å². The maximum Gasteiger partial charge on any atom is 0.276 e. The van der Waals surface area contributed by atoms with Crippen molar-refractivity contribution in [2.75, 3.05) is 26.6 Å². The lowest BCUT2D eigenvalue weighted by atomic mass is 10.2. The van der Waals surface area contributed by atoms with E-state index in [4.69, 9.17) is 18.6 Å². The molecule has 3 rings (SSSR count). The smallest absolute Gasteiger partial charge is 0.276 e. The highest BCUT2D eigenvalue weighted by Gasteiger charge is 2.12. The number of ether oxygens (including phenoxy) is 3. The largest absolute Gasteiger partial charge is 0.497 e. The fourth-order valence-electron chi connectivity index (χ4n) is 2.31. The number of benzene rings is 2. The predicted octanol–water partition coefficient (Wildman–Crippen LogP) is 4.23. The van der Waals surface area contributed by atoms with Gasteiger partial charge in [0.25, 0.3) is 5.22 Å². The van der Waals surface area contributed by atoms with E-state index in [-0.39, 0.29) is 0 Å². The van der Waals surface area contributed by atoms with Gasteiger partial charge in [0, 0.05) is 17.4 Å². The average Bonchev–Trinajstić information content (AvgIpc) is 3.14. The van der Waals surface area contributed by atoms with Crippen molar-refractivity contribution in [3.8, 4) is 28.7 Å². The van der Waals surface area contributed by atoms with Crippen molar-refractivity contribution in [3.63, 3.8) is 0 Å². The fraction of sp³-hybridized carbons (Fsp3) is 0.263. The van der Waals surface area contributed by atoms with Gasteiger partial charge in [0.05, 0.1) is 20.8 Å². The number of thioether (sulfide) groups is 1. The Kier molecular flexibility index (Phi) is 6.01. The van der Waals surface area contributed by atoms with Gasteiger partial charge in [-0.2, -0.15) is 0 Å². The zero-order valence-corrected chi connectivity index (χ0v) is 15.7. The van der Waals surface area contributed by atoms with Crippen molar-refractivity contribution in [3.05, 3.63) is 48.0 Å². The first-order valence-corrected chi connectivity index (χ1v) is 9.05. The van der Waals surface area contributed by atoms with Crippen LogP contribution in [0.4, 0.5) is 0 Å². The highest BCUT2D eigenvalue weighted by atomic mass is 32.2. The van der Waals surface area contributed by atoms with Crippen molar-refractivity contribution >= 4 is 11.8 Å². The second-order valence-electron chi connectivity index (χ2n) is 5.49. The summed E-state index contributed by atoms with van der Waals surface area (Å²) in [4.78, 5) is 0. The monoisotopic (exact) mass is 372 g/mol. The third kappa shape index (κ3) is 4.70. The molecule has 2 aromatic carbocycles. The third-order valence-electron chi connectivity index (χ3n) is 3.57. The Morgan fingerprint density at radius 2 is 1.73 bits per heavy atom. The highest BCUT2D eigenvalue weighted by Crippen LogP contribution is 2.30. The quantitative estimate of drug-likeness (QED) is 0.433. The summed E-state index contributed by atoms with van der Waals surface area (Å²) in [5, 5.41) is 8.66. The van der Waals surface area contributed by atoms with E-state index in [2.05, 4.69) is 10.2 Å². The Bertz CT molecular complexity index is 844. The van der Waals surface area contributed by atoms with E-state index < -0.39 is 0 Å². The van der Waals surface area contributed by atoms with Gasteiger partial charge >= 0.3 is 0 Å². The third-order valence-corrected chi connectivity index (χ3v) is 4.35. The van der Waals surface area contributed by atoms with Crippen molar-refractivity contribution in [1.29, 1.82) is 0 Å². The topological polar surface area (TPSA) is 66.6 Å². The normalized spacial score (nSPS) is 10.6. The molecule has 0 aliphatic heterocycles. The van der Waals surface area contributed by atoms with Crippen LogP contribution in [0.15, 0.2) is 52.1 Å². The Balaban J connectivity index is 1.58. The first-order chi connectivity index (χ1) is 12.7. The van der Waals surface area contributed by atoms with Crippen molar-refractivity contribution < 1.29 is 18.6 Å². The average molecular weight is 372 g/mol. The molecule has 7 heteroatoms. The molecule has 0 N–H and O–H groups in total. The van der Waals surface area contributed by atoms with Crippen LogP contribution >= 0.6 is 11.8 Å². The molecule has 0 aliphatic carbocycles. The van der Waals surface area contributed by atoms with Crippen LogP contribution in [-0.4, -0.2) is 36.8 Å². The van der Waals surface area contributed by atoms with E-state index in [1.165, 1.54) is 17.3 Å². The van der Waals surface area contributed by atoms with Gasteiger partial charge in [0.15, 0.2) is 0 Å². The summed E-state index contributed by atoms with van der Waals surface area (Å²) in [6.07, 6.45) is 0. The molecule has 0 fully saturated rings. The molecule has 0 amide bonds. The minimum absolute atomic E-state index is 0.421.